The zero-order valence-corrected chi connectivity index (χ0v) is 11.9. The molecular weight excluding hydrogens is 296 g/mol. The fourth-order valence-electron chi connectivity index (χ4n) is 2.22. The molecule has 2 aromatic carbocycles. The molecule has 0 aliphatic carbocycles. The number of carbonyl (C=O) groups is 2. The van der Waals surface area contributed by atoms with Crippen LogP contribution in [-0.2, 0) is 0 Å². The maximum absolute atomic E-state index is 12.3. The number of carbonyl (C=O) groups excluding carboxylic acids is 1. The number of pyridine rings is 1. The van der Waals surface area contributed by atoms with Gasteiger partial charge in [-0.25, -0.2) is 9.78 Å². The summed E-state index contributed by atoms with van der Waals surface area (Å²) in [4.78, 5) is 27.3. The Hall–Kier alpha value is -3.41. The normalized spacial score (nSPS) is 10.4. The Bertz CT molecular complexity index is 907. The first-order valence-electron chi connectivity index (χ1n) is 6.77. The van der Waals surface area contributed by atoms with Crippen LogP contribution in [0, 0.1) is 0 Å². The predicted octanol–water partition coefficient (Wildman–Crippen LogP) is 2.89. The molecule has 1 amide bonds. The number of aromatic hydroxyl groups is 1. The van der Waals surface area contributed by atoms with E-state index in [1.807, 2.05) is 0 Å². The molecule has 0 saturated carbocycles. The molecule has 114 valence electrons. The van der Waals surface area contributed by atoms with Crippen LogP contribution in [0.15, 0.2) is 54.7 Å². The first-order chi connectivity index (χ1) is 11.0. The second-order valence-corrected chi connectivity index (χ2v) is 4.91. The quantitative estimate of drug-likeness (QED) is 0.691. The van der Waals surface area contributed by atoms with Crippen LogP contribution in [0.5, 0.6) is 5.75 Å². The van der Waals surface area contributed by atoms with Gasteiger partial charge in [-0.2, -0.15) is 0 Å². The van der Waals surface area contributed by atoms with Gasteiger partial charge in [0.15, 0.2) is 0 Å². The summed E-state index contributed by atoms with van der Waals surface area (Å²) in [7, 11) is 0. The summed E-state index contributed by atoms with van der Waals surface area (Å²) in [6, 6.07) is 12.4. The number of hydrogen-bond donors (Lipinski definition) is 3. The number of carboxylic acids is 1. The van der Waals surface area contributed by atoms with Crippen LogP contribution in [-0.4, -0.2) is 27.1 Å². The molecule has 3 rings (SSSR count). The Morgan fingerprint density at radius 1 is 1.00 bits per heavy atom. The van der Waals surface area contributed by atoms with Gasteiger partial charge in [0.1, 0.15) is 11.6 Å². The lowest BCUT2D eigenvalue weighted by atomic mass is 10.0. The van der Waals surface area contributed by atoms with Crippen molar-refractivity contribution in [3.8, 4) is 5.75 Å². The Balaban J connectivity index is 2.01. The second-order valence-electron chi connectivity index (χ2n) is 4.91. The number of fused-ring (bicyclic) bond motifs is 1. The van der Waals surface area contributed by atoms with E-state index in [9.17, 15) is 14.7 Å². The molecule has 0 radical (unpaired) electrons. The van der Waals surface area contributed by atoms with E-state index in [0.717, 1.165) is 0 Å². The zero-order valence-electron chi connectivity index (χ0n) is 11.9. The van der Waals surface area contributed by atoms with Crippen molar-refractivity contribution in [2.24, 2.45) is 0 Å². The minimum Gasteiger partial charge on any atom is -0.507 e. The van der Waals surface area contributed by atoms with Crippen molar-refractivity contribution in [2.75, 3.05) is 5.32 Å². The molecule has 23 heavy (non-hydrogen) atoms. The van der Waals surface area contributed by atoms with Crippen LogP contribution >= 0.6 is 0 Å². The van der Waals surface area contributed by atoms with Gasteiger partial charge in [0.2, 0.25) is 0 Å². The fourth-order valence-corrected chi connectivity index (χ4v) is 2.22. The predicted molar refractivity (Wildman–Crippen MR) is 84.8 cm³/mol. The lowest BCUT2D eigenvalue weighted by Gasteiger charge is -2.08. The van der Waals surface area contributed by atoms with E-state index in [-0.39, 0.29) is 16.9 Å². The van der Waals surface area contributed by atoms with Crippen LogP contribution in [0.3, 0.4) is 0 Å². The van der Waals surface area contributed by atoms with E-state index < -0.39 is 11.9 Å². The Kier molecular flexibility index (Phi) is 3.64. The molecule has 0 aliphatic rings. The number of hydrogen-bond acceptors (Lipinski definition) is 4. The van der Waals surface area contributed by atoms with Crippen LogP contribution in [0.2, 0.25) is 0 Å². The Morgan fingerprint density at radius 2 is 1.83 bits per heavy atom. The van der Waals surface area contributed by atoms with Gasteiger partial charge in [-0.1, -0.05) is 12.1 Å². The van der Waals surface area contributed by atoms with Crippen LogP contribution < -0.4 is 5.32 Å². The average molecular weight is 308 g/mol. The van der Waals surface area contributed by atoms with Crippen molar-refractivity contribution in [3.63, 3.8) is 0 Å². The largest absolute Gasteiger partial charge is 0.507 e. The maximum atomic E-state index is 12.3. The van der Waals surface area contributed by atoms with Gasteiger partial charge in [-0.15, -0.1) is 0 Å². The summed E-state index contributed by atoms with van der Waals surface area (Å²) in [6.45, 7) is 0. The minimum absolute atomic E-state index is 0.0469. The van der Waals surface area contributed by atoms with Crippen molar-refractivity contribution in [1.82, 2.24) is 4.98 Å². The average Bonchev–Trinajstić information content (AvgIpc) is 2.54. The van der Waals surface area contributed by atoms with Gasteiger partial charge in [-0.05, 0) is 47.2 Å². The second kappa shape index (κ2) is 5.76. The SMILES string of the molecule is O=C(O)c1ccc2cc(O)c(C(=O)Nc3ccccn3)cc2c1. The maximum Gasteiger partial charge on any atom is 0.335 e. The number of nitrogens with one attached hydrogen (secondary N) is 1. The van der Waals surface area contributed by atoms with Gasteiger partial charge < -0.3 is 15.5 Å². The van der Waals surface area contributed by atoms with Crippen molar-refractivity contribution < 1.29 is 19.8 Å². The number of carboxylic acid groups (broad SMARTS) is 1. The topological polar surface area (TPSA) is 99.5 Å². The molecule has 0 aliphatic heterocycles. The summed E-state index contributed by atoms with van der Waals surface area (Å²) < 4.78 is 0. The van der Waals surface area contributed by atoms with E-state index in [4.69, 9.17) is 5.11 Å². The molecule has 6 heteroatoms. The van der Waals surface area contributed by atoms with Gasteiger partial charge in [-0.3, -0.25) is 4.79 Å². The highest BCUT2D eigenvalue weighted by molar-refractivity contribution is 6.08. The third-order valence-corrected chi connectivity index (χ3v) is 3.35. The third-order valence-electron chi connectivity index (χ3n) is 3.35. The van der Waals surface area contributed by atoms with E-state index >= 15 is 0 Å². The number of phenolic OH excluding ortho intramolecular Hbond substituents is 1. The molecule has 6 nitrogen and oxygen atoms in total. The molecule has 0 bridgehead atoms. The molecular formula is C17H12N2O4. The first-order valence-corrected chi connectivity index (χ1v) is 6.77. The van der Waals surface area contributed by atoms with Crippen LogP contribution in [0.4, 0.5) is 5.82 Å². The number of amides is 1. The molecule has 0 unspecified atom stereocenters. The van der Waals surface area contributed by atoms with Gasteiger partial charge >= 0.3 is 5.97 Å². The number of aromatic nitrogens is 1. The van der Waals surface area contributed by atoms with E-state index in [1.54, 1.807) is 24.3 Å². The highest BCUT2D eigenvalue weighted by atomic mass is 16.4. The number of benzene rings is 2. The van der Waals surface area contributed by atoms with Crippen molar-refractivity contribution in [1.29, 1.82) is 0 Å². The lowest BCUT2D eigenvalue weighted by Crippen LogP contribution is -2.13. The van der Waals surface area contributed by atoms with Crippen LogP contribution in [0.1, 0.15) is 20.7 Å². The molecule has 3 aromatic rings. The number of phenols is 1. The highest BCUT2D eigenvalue weighted by Crippen LogP contribution is 2.26. The number of anilines is 1. The van der Waals surface area contributed by atoms with Gasteiger partial charge in [0, 0.05) is 6.20 Å². The standard InChI is InChI=1S/C17H12N2O4/c20-14-9-10-4-5-11(17(22)23)7-12(10)8-13(14)16(21)19-15-3-1-2-6-18-15/h1-9,20H,(H,22,23)(H,18,19,21). The molecule has 3 N–H and O–H groups in total. The number of nitrogens with zero attached hydrogens (tertiary/aromatic N) is 1. The monoisotopic (exact) mass is 308 g/mol. The van der Waals surface area contributed by atoms with E-state index in [1.165, 1.54) is 30.5 Å². The molecule has 1 heterocycles. The van der Waals surface area contributed by atoms with E-state index in [0.29, 0.717) is 16.6 Å². The van der Waals surface area contributed by atoms with Crippen LogP contribution in [0.25, 0.3) is 10.8 Å². The first kappa shape index (κ1) is 14.5. The van der Waals surface area contributed by atoms with Gasteiger partial charge in [0.05, 0.1) is 11.1 Å². The Labute approximate surface area is 131 Å². The summed E-state index contributed by atoms with van der Waals surface area (Å²) in [5, 5.41) is 22.8. The van der Waals surface area contributed by atoms with Crippen molar-refractivity contribution in [3.05, 3.63) is 65.9 Å². The molecule has 0 atom stereocenters. The number of aromatic carboxylic acids is 1. The van der Waals surface area contributed by atoms with Crippen molar-refractivity contribution >= 4 is 28.5 Å². The van der Waals surface area contributed by atoms with Gasteiger partial charge in [0.25, 0.3) is 5.91 Å². The Morgan fingerprint density at radius 3 is 2.52 bits per heavy atom. The molecule has 0 spiro atoms. The smallest absolute Gasteiger partial charge is 0.335 e. The minimum atomic E-state index is -1.06. The third kappa shape index (κ3) is 2.96. The molecule has 1 aromatic heterocycles. The summed E-state index contributed by atoms with van der Waals surface area (Å²) >= 11 is 0. The van der Waals surface area contributed by atoms with Crippen molar-refractivity contribution in [2.45, 2.75) is 0 Å². The summed E-state index contributed by atoms with van der Waals surface area (Å²) in [5.74, 6) is -1.41. The zero-order chi connectivity index (χ0) is 16.4. The highest BCUT2D eigenvalue weighted by Gasteiger charge is 2.14. The van der Waals surface area contributed by atoms with E-state index in [2.05, 4.69) is 10.3 Å². The summed E-state index contributed by atoms with van der Waals surface area (Å²) in [5.41, 5.74) is 0.157. The molecule has 0 fully saturated rings. The lowest BCUT2D eigenvalue weighted by molar-refractivity contribution is 0.0697. The fraction of sp³-hybridized carbons (Fsp3) is 0. The summed E-state index contributed by atoms with van der Waals surface area (Å²) in [6.07, 6.45) is 1.54. The number of rotatable bonds is 3. The molecule has 0 saturated heterocycles.